The van der Waals surface area contributed by atoms with Crippen molar-refractivity contribution in [3.63, 3.8) is 0 Å². The number of hydrogen-bond acceptors (Lipinski definition) is 5. The van der Waals surface area contributed by atoms with Crippen molar-refractivity contribution in [1.29, 1.82) is 0 Å². The van der Waals surface area contributed by atoms with Gasteiger partial charge in [0.15, 0.2) is 0 Å². The third kappa shape index (κ3) is 3.56. The number of hydrazone groups is 1. The number of halogens is 1. The third-order valence-electron chi connectivity index (χ3n) is 2.22. The molecule has 0 bridgehead atoms. The van der Waals surface area contributed by atoms with Crippen molar-refractivity contribution in [3.8, 4) is 0 Å². The summed E-state index contributed by atoms with van der Waals surface area (Å²) in [6.45, 7) is 0. The van der Waals surface area contributed by atoms with Gasteiger partial charge in [0, 0.05) is 6.07 Å². The van der Waals surface area contributed by atoms with E-state index >= 15 is 0 Å². The molecule has 0 saturated carbocycles. The molecule has 0 amide bonds. The Morgan fingerprint density at radius 3 is 2.58 bits per heavy atom. The SMILES string of the molecule is O=[N+]([O-])c1ccc(NN=Cc2ccc(F)cc2)nc1. The fourth-order valence-corrected chi connectivity index (χ4v) is 1.28. The van der Waals surface area contributed by atoms with Gasteiger partial charge in [0.05, 0.1) is 11.1 Å². The largest absolute Gasteiger partial charge is 0.287 e. The van der Waals surface area contributed by atoms with Crippen molar-refractivity contribution in [1.82, 2.24) is 4.98 Å². The molecule has 0 aliphatic carbocycles. The van der Waals surface area contributed by atoms with E-state index in [1.807, 2.05) is 0 Å². The Balaban J connectivity index is 1.98. The molecule has 0 spiro atoms. The van der Waals surface area contributed by atoms with E-state index in [4.69, 9.17) is 0 Å². The van der Waals surface area contributed by atoms with Crippen LogP contribution < -0.4 is 5.43 Å². The van der Waals surface area contributed by atoms with Gasteiger partial charge in [-0.2, -0.15) is 5.10 Å². The van der Waals surface area contributed by atoms with Crippen LogP contribution in [-0.2, 0) is 0 Å². The minimum atomic E-state index is -0.529. The molecule has 19 heavy (non-hydrogen) atoms. The number of aromatic nitrogens is 1. The number of anilines is 1. The van der Waals surface area contributed by atoms with Crippen molar-refractivity contribution in [2.75, 3.05) is 5.43 Å². The summed E-state index contributed by atoms with van der Waals surface area (Å²) < 4.78 is 12.7. The molecule has 96 valence electrons. The molecule has 7 heteroatoms. The molecule has 1 aromatic heterocycles. The Morgan fingerprint density at radius 2 is 2.00 bits per heavy atom. The van der Waals surface area contributed by atoms with Crippen molar-refractivity contribution in [3.05, 3.63) is 64.1 Å². The first-order valence-electron chi connectivity index (χ1n) is 5.30. The maximum atomic E-state index is 12.7. The molecule has 1 aromatic carbocycles. The molecule has 6 nitrogen and oxygen atoms in total. The first kappa shape index (κ1) is 12.6. The van der Waals surface area contributed by atoms with Crippen LogP contribution in [0.15, 0.2) is 47.7 Å². The fourth-order valence-electron chi connectivity index (χ4n) is 1.28. The van der Waals surface area contributed by atoms with Gasteiger partial charge in [-0.15, -0.1) is 0 Å². The first-order chi connectivity index (χ1) is 9.15. The second-order valence-electron chi connectivity index (χ2n) is 3.58. The van der Waals surface area contributed by atoms with Crippen molar-refractivity contribution >= 4 is 17.7 Å². The molecule has 0 aliphatic rings. The summed E-state index contributed by atoms with van der Waals surface area (Å²) in [6, 6.07) is 8.56. The monoisotopic (exact) mass is 260 g/mol. The van der Waals surface area contributed by atoms with Crippen LogP contribution in [0, 0.1) is 15.9 Å². The minimum Gasteiger partial charge on any atom is -0.261 e. The Hall–Kier alpha value is -2.83. The zero-order chi connectivity index (χ0) is 13.7. The highest BCUT2D eigenvalue weighted by molar-refractivity contribution is 5.79. The summed E-state index contributed by atoms with van der Waals surface area (Å²) in [4.78, 5) is 13.7. The highest BCUT2D eigenvalue weighted by atomic mass is 19.1. The minimum absolute atomic E-state index is 0.0898. The lowest BCUT2D eigenvalue weighted by Gasteiger charge is -1.98. The molecular formula is C12H9FN4O2. The molecule has 2 aromatic rings. The van der Waals surface area contributed by atoms with Crippen LogP contribution in [0.2, 0.25) is 0 Å². The Kier molecular flexibility index (Phi) is 3.77. The van der Waals surface area contributed by atoms with Gasteiger partial charge in [-0.1, -0.05) is 12.1 Å². The number of pyridine rings is 1. The van der Waals surface area contributed by atoms with Crippen LogP contribution in [0.3, 0.4) is 0 Å². The number of rotatable bonds is 4. The predicted octanol–water partition coefficient (Wildman–Crippen LogP) is 2.57. The van der Waals surface area contributed by atoms with Crippen LogP contribution >= 0.6 is 0 Å². The van der Waals surface area contributed by atoms with Gasteiger partial charge >= 0.3 is 0 Å². The van der Waals surface area contributed by atoms with Gasteiger partial charge in [0.2, 0.25) is 0 Å². The van der Waals surface area contributed by atoms with Gasteiger partial charge in [-0.05, 0) is 23.8 Å². The van der Waals surface area contributed by atoms with Gasteiger partial charge in [0.25, 0.3) is 5.69 Å². The zero-order valence-corrected chi connectivity index (χ0v) is 9.65. The van der Waals surface area contributed by atoms with Crippen LogP contribution in [0.5, 0.6) is 0 Å². The molecule has 0 unspecified atom stereocenters. The van der Waals surface area contributed by atoms with Crippen LogP contribution in [0.1, 0.15) is 5.56 Å². The predicted molar refractivity (Wildman–Crippen MR) is 68.5 cm³/mol. The van der Waals surface area contributed by atoms with Crippen LogP contribution in [0.25, 0.3) is 0 Å². The highest BCUT2D eigenvalue weighted by Gasteiger charge is 2.04. The van der Waals surface area contributed by atoms with Gasteiger partial charge in [0.1, 0.15) is 17.8 Å². The van der Waals surface area contributed by atoms with E-state index < -0.39 is 4.92 Å². The lowest BCUT2D eigenvalue weighted by molar-refractivity contribution is -0.385. The number of nitrogens with zero attached hydrogens (tertiary/aromatic N) is 3. The molecule has 0 fully saturated rings. The smallest absolute Gasteiger partial charge is 0.261 e. The highest BCUT2D eigenvalue weighted by Crippen LogP contribution is 2.11. The summed E-state index contributed by atoms with van der Waals surface area (Å²) in [5, 5.41) is 14.3. The quantitative estimate of drug-likeness (QED) is 0.520. The second-order valence-corrected chi connectivity index (χ2v) is 3.58. The summed E-state index contributed by atoms with van der Waals surface area (Å²) in [6.07, 6.45) is 2.62. The van der Waals surface area contributed by atoms with Crippen molar-refractivity contribution in [2.45, 2.75) is 0 Å². The molecule has 0 aliphatic heterocycles. The maximum Gasteiger partial charge on any atom is 0.287 e. The van der Waals surface area contributed by atoms with E-state index in [1.165, 1.54) is 30.5 Å². The number of nitrogens with one attached hydrogen (secondary N) is 1. The average molecular weight is 260 g/mol. The summed E-state index contributed by atoms with van der Waals surface area (Å²) in [5.41, 5.74) is 3.24. The molecule has 0 atom stereocenters. The lowest BCUT2D eigenvalue weighted by Crippen LogP contribution is -1.95. The van der Waals surface area contributed by atoms with Gasteiger partial charge < -0.3 is 0 Å². The maximum absolute atomic E-state index is 12.7. The summed E-state index contributed by atoms with van der Waals surface area (Å²) >= 11 is 0. The van der Waals surface area contributed by atoms with E-state index in [0.717, 1.165) is 11.8 Å². The molecule has 2 rings (SSSR count). The number of hydrogen-bond donors (Lipinski definition) is 1. The molecule has 1 N–H and O–H groups in total. The molecule has 0 saturated heterocycles. The van der Waals surface area contributed by atoms with E-state index in [9.17, 15) is 14.5 Å². The molecule has 1 heterocycles. The lowest BCUT2D eigenvalue weighted by atomic mass is 10.2. The first-order valence-corrected chi connectivity index (χ1v) is 5.30. The van der Waals surface area contributed by atoms with Gasteiger partial charge in [-0.3, -0.25) is 15.5 Å². The average Bonchev–Trinajstić information content (AvgIpc) is 2.41. The topological polar surface area (TPSA) is 80.4 Å². The van der Waals surface area contributed by atoms with Crippen molar-refractivity contribution < 1.29 is 9.31 Å². The Morgan fingerprint density at radius 1 is 1.26 bits per heavy atom. The normalized spacial score (nSPS) is 10.6. The number of benzene rings is 1. The number of nitro groups is 1. The van der Waals surface area contributed by atoms with E-state index in [1.54, 1.807) is 12.1 Å². The summed E-state index contributed by atoms with van der Waals surface area (Å²) in [7, 11) is 0. The van der Waals surface area contributed by atoms with Crippen LogP contribution in [0.4, 0.5) is 15.9 Å². The molecule has 0 radical (unpaired) electrons. The van der Waals surface area contributed by atoms with E-state index in [2.05, 4.69) is 15.5 Å². The Bertz CT molecular complexity index is 596. The standard InChI is InChI=1S/C12H9FN4O2/c13-10-3-1-9(2-4-10)7-15-16-12-6-5-11(8-14-12)17(18)19/h1-8H,(H,14,16). The van der Waals surface area contributed by atoms with E-state index in [0.29, 0.717) is 5.82 Å². The van der Waals surface area contributed by atoms with E-state index in [-0.39, 0.29) is 11.5 Å². The van der Waals surface area contributed by atoms with Crippen LogP contribution in [-0.4, -0.2) is 16.1 Å². The Labute approximate surface area is 107 Å². The van der Waals surface area contributed by atoms with Crippen molar-refractivity contribution in [2.24, 2.45) is 5.10 Å². The van der Waals surface area contributed by atoms with Gasteiger partial charge in [-0.25, -0.2) is 9.37 Å². The second kappa shape index (κ2) is 5.67. The third-order valence-corrected chi connectivity index (χ3v) is 2.22. The fraction of sp³-hybridized carbons (Fsp3) is 0. The summed E-state index contributed by atoms with van der Waals surface area (Å²) in [5.74, 6) is 0.0612. The molecular weight excluding hydrogens is 251 g/mol. The zero-order valence-electron chi connectivity index (χ0n) is 9.65.